The molecular formula is C12H13ClFN3O5. The van der Waals surface area contributed by atoms with E-state index in [0.29, 0.717) is 10.8 Å². The number of H-pyrrole nitrogens is 1. The zero-order chi connectivity index (χ0) is 16.7. The molecule has 0 aliphatic carbocycles. The number of aromatic nitrogens is 2. The van der Waals surface area contributed by atoms with Crippen molar-refractivity contribution in [3.63, 3.8) is 0 Å². The van der Waals surface area contributed by atoms with E-state index in [-0.39, 0.29) is 0 Å². The molecule has 2 rings (SSSR count). The molecule has 0 aromatic carbocycles. The number of aliphatic hydroxyl groups excluding tert-OH is 2. The van der Waals surface area contributed by atoms with Crippen LogP contribution in [0.15, 0.2) is 15.8 Å². The van der Waals surface area contributed by atoms with E-state index in [1.165, 1.54) is 6.92 Å². The minimum absolute atomic E-state index is 0.584. The van der Waals surface area contributed by atoms with E-state index in [2.05, 4.69) is 5.92 Å². The summed E-state index contributed by atoms with van der Waals surface area (Å²) in [5.74, 6) is 1.05. The van der Waals surface area contributed by atoms with Gasteiger partial charge in [0.15, 0.2) is 11.8 Å². The van der Waals surface area contributed by atoms with Crippen LogP contribution in [-0.4, -0.2) is 43.6 Å². The first-order chi connectivity index (χ1) is 10.2. The van der Waals surface area contributed by atoms with Crippen LogP contribution in [0.2, 0.25) is 0 Å². The lowest BCUT2D eigenvalue weighted by atomic mass is 9.90. The molecule has 1 aromatic rings. The van der Waals surface area contributed by atoms with Crippen molar-refractivity contribution in [3.05, 3.63) is 32.9 Å². The fourth-order valence-corrected chi connectivity index (χ4v) is 2.44. The Bertz CT molecular complexity index is 752. The molecule has 22 heavy (non-hydrogen) atoms. The number of hydrogen-bond donors (Lipinski definition) is 4. The third kappa shape index (κ3) is 2.55. The molecule has 120 valence electrons. The monoisotopic (exact) mass is 333 g/mol. The summed E-state index contributed by atoms with van der Waals surface area (Å²) in [5, 5.41) is 21.8. The molecular weight excluding hydrogens is 321 g/mol. The minimum atomic E-state index is -1.89. The zero-order valence-electron chi connectivity index (χ0n) is 11.3. The molecule has 1 aliphatic heterocycles. The highest BCUT2D eigenvalue weighted by molar-refractivity contribution is 6.30. The molecule has 0 bridgehead atoms. The number of nitrogens with zero attached hydrogens (tertiary/aromatic N) is 1. The number of aromatic amines is 1. The van der Waals surface area contributed by atoms with Gasteiger partial charge in [-0.25, -0.2) is 4.79 Å². The molecule has 0 radical (unpaired) electrons. The second kappa shape index (κ2) is 5.83. The van der Waals surface area contributed by atoms with Crippen molar-refractivity contribution in [1.29, 1.82) is 0 Å². The summed E-state index contributed by atoms with van der Waals surface area (Å²) in [6.07, 6.45) is -4.73. The molecule has 1 saturated heterocycles. The second-order valence-corrected chi connectivity index (χ2v) is 5.12. The second-order valence-electron chi connectivity index (χ2n) is 4.93. The molecule has 0 spiro atoms. The average Bonchev–Trinajstić information content (AvgIpc) is 2.68. The third-order valence-corrected chi connectivity index (χ3v) is 3.51. The van der Waals surface area contributed by atoms with Crippen molar-refractivity contribution in [2.75, 3.05) is 0 Å². The van der Waals surface area contributed by atoms with Crippen LogP contribution in [0.4, 0.5) is 4.39 Å². The number of rotatable bonds is 2. The predicted octanol–water partition coefficient (Wildman–Crippen LogP) is -1.79. The maximum absolute atomic E-state index is 13.4. The molecule has 5 atom stereocenters. The van der Waals surface area contributed by atoms with Crippen LogP contribution in [0.25, 0.3) is 0 Å². The van der Waals surface area contributed by atoms with Crippen molar-refractivity contribution in [2.45, 2.75) is 37.0 Å². The lowest BCUT2D eigenvalue weighted by molar-refractivity contribution is -0.0781. The van der Waals surface area contributed by atoms with Gasteiger partial charge in [0.05, 0.1) is 12.3 Å². The van der Waals surface area contributed by atoms with E-state index in [1.807, 2.05) is 5.38 Å². The zero-order valence-corrected chi connectivity index (χ0v) is 12.0. The summed E-state index contributed by atoms with van der Waals surface area (Å²) in [5.41, 5.74) is 1.84. The molecule has 2 heterocycles. The molecule has 0 amide bonds. The maximum atomic E-state index is 13.4. The van der Waals surface area contributed by atoms with E-state index >= 15 is 0 Å². The first kappa shape index (κ1) is 16.7. The van der Waals surface area contributed by atoms with E-state index in [4.69, 9.17) is 22.1 Å². The van der Waals surface area contributed by atoms with Crippen molar-refractivity contribution in [3.8, 4) is 11.3 Å². The van der Waals surface area contributed by atoms with Gasteiger partial charge in [-0.15, -0.1) is 0 Å². The lowest BCUT2D eigenvalue weighted by Gasteiger charge is -2.27. The standard InChI is InChI=1S/C12H13ClFN3O5/c1-5(18)7-8(19)12(15,2-3-13)10(22-7)17-4-6(14)9(20)16-11(17)21/h4-5,7-8,10,18-19H,15H2,1H3,(H,16,20,21)/t5-,7+,8-,10+,12?/m0/s1. The highest BCUT2D eigenvalue weighted by Gasteiger charge is 2.56. The number of nitrogens with two attached hydrogens (primary N) is 1. The van der Waals surface area contributed by atoms with E-state index < -0.39 is 47.1 Å². The smallest absolute Gasteiger partial charge is 0.330 e. The van der Waals surface area contributed by atoms with Crippen LogP contribution in [0.5, 0.6) is 0 Å². The molecule has 1 unspecified atom stereocenters. The van der Waals surface area contributed by atoms with E-state index in [0.717, 1.165) is 0 Å². The highest BCUT2D eigenvalue weighted by atomic mass is 35.5. The topological polar surface area (TPSA) is 131 Å². The van der Waals surface area contributed by atoms with Gasteiger partial charge in [-0.2, -0.15) is 4.39 Å². The Morgan fingerprint density at radius 3 is 2.82 bits per heavy atom. The first-order valence-electron chi connectivity index (χ1n) is 6.16. The Labute approximate surface area is 128 Å². The number of hydrogen-bond acceptors (Lipinski definition) is 6. The normalized spacial score (nSPS) is 32.4. The van der Waals surface area contributed by atoms with Crippen LogP contribution in [0, 0.1) is 17.1 Å². The molecule has 8 nitrogen and oxygen atoms in total. The van der Waals surface area contributed by atoms with Crippen LogP contribution < -0.4 is 17.0 Å². The predicted molar refractivity (Wildman–Crippen MR) is 73.4 cm³/mol. The van der Waals surface area contributed by atoms with E-state index in [9.17, 15) is 24.2 Å². The number of nitrogens with one attached hydrogen (secondary N) is 1. The summed E-state index contributed by atoms with van der Waals surface area (Å²) in [7, 11) is 0. The minimum Gasteiger partial charge on any atom is -0.391 e. The first-order valence-corrected chi connectivity index (χ1v) is 6.54. The maximum Gasteiger partial charge on any atom is 0.330 e. The largest absolute Gasteiger partial charge is 0.391 e. The molecule has 1 aromatic heterocycles. The van der Waals surface area contributed by atoms with Crippen molar-refractivity contribution in [2.24, 2.45) is 5.73 Å². The summed E-state index contributed by atoms with van der Waals surface area (Å²) >= 11 is 5.32. The summed E-state index contributed by atoms with van der Waals surface area (Å²) in [6.45, 7) is 1.33. The Balaban J connectivity index is 2.61. The van der Waals surface area contributed by atoms with Gasteiger partial charge in [0.25, 0.3) is 5.56 Å². The Morgan fingerprint density at radius 1 is 1.64 bits per heavy atom. The highest BCUT2D eigenvalue weighted by Crippen LogP contribution is 2.37. The van der Waals surface area contributed by atoms with Crippen LogP contribution >= 0.6 is 11.6 Å². The molecule has 1 fully saturated rings. The van der Waals surface area contributed by atoms with E-state index in [1.54, 1.807) is 4.98 Å². The van der Waals surface area contributed by atoms with Crippen LogP contribution in [0.3, 0.4) is 0 Å². The summed E-state index contributed by atoms with van der Waals surface area (Å²) in [6, 6.07) is 0. The number of aliphatic hydroxyl groups is 2. The molecule has 0 saturated carbocycles. The van der Waals surface area contributed by atoms with Gasteiger partial charge in [-0.05, 0) is 18.5 Å². The molecule has 10 heteroatoms. The Morgan fingerprint density at radius 2 is 2.27 bits per heavy atom. The molecule has 1 aliphatic rings. The SMILES string of the molecule is C[C@H](O)[C@H]1O[C@@H](n2cc(F)c(=O)[nH]c2=O)C(N)(C#CCl)[C@H]1O. The quantitative estimate of drug-likeness (QED) is 0.473. The van der Waals surface area contributed by atoms with Gasteiger partial charge >= 0.3 is 5.69 Å². The van der Waals surface area contributed by atoms with Gasteiger partial charge in [-0.1, -0.05) is 5.92 Å². The van der Waals surface area contributed by atoms with Crippen LogP contribution in [-0.2, 0) is 4.74 Å². The average molecular weight is 334 g/mol. The summed E-state index contributed by atoms with van der Waals surface area (Å²) < 4.78 is 19.4. The molecule has 5 N–H and O–H groups in total. The third-order valence-electron chi connectivity index (χ3n) is 3.41. The van der Waals surface area contributed by atoms with Gasteiger partial charge in [0.1, 0.15) is 12.2 Å². The fourth-order valence-electron chi connectivity index (χ4n) is 2.28. The fraction of sp³-hybridized carbons (Fsp3) is 0.500. The number of halogens is 2. The van der Waals surface area contributed by atoms with Crippen molar-refractivity contribution < 1.29 is 19.3 Å². The van der Waals surface area contributed by atoms with Gasteiger partial charge in [-0.3, -0.25) is 14.3 Å². The van der Waals surface area contributed by atoms with Crippen molar-refractivity contribution in [1.82, 2.24) is 9.55 Å². The number of ether oxygens (including phenoxy) is 1. The lowest BCUT2D eigenvalue weighted by Crippen LogP contribution is -2.55. The Kier molecular flexibility index (Phi) is 4.42. The Hall–Kier alpha value is -1.70. The van der Waals surface area contributed by atoms with Gasteiger partial charge in [0.2, 0.25) is 5.82 Å². The van der Waals surface area contributed by atoms with Crippen LogP contribution in [0.1, 0.15) is 13.2 Å². The van der Waals surface area contributed by atoms with Gasteiger partial charge in [0, 0.05) is 5.38 Å². The van der Waals surface area contributed by atoms with Crippen molar-refractivity contribution >= 4 is 11.6 Å². The van der Waals surface area contributed by atoms with Gasteiger partial charge < -0.3 is 20.7 Å². The summed E-state index contributed by atoms with van der Waals surface area (Å²) in [4.78, 5) is 24.6.